The SMILES string of the molecule is Cc1nc2c(OCc3c(F)cccc3Cl)cccn2c1C(=O)CC(CN)c1ccc(F)c(F)c1. The zero-order chi connectivity index (χ0) is 24.4. The Morgan fingerprint density at radius 1 is 1.12 bits per heavy atom. The van der Waals surface area contributed by atoms with Crippen molar-refractivity contribution in [3.05, 3.63) is 99.7 Å². The van der Waals surface area contributed by atoms with Gasteiger partial charge < -0.3 is 10.5 Å². The molecule has 0 amide bonds. The van der Waals surface area contributed by atoms with E-state index in [2.05, 4.69) is 4.98 Å². The number of carbonyl (C=O) groups is 1. The van der Waals surface area contributed by atoms with E-state index < -0.39 is 23.4 Å². The summed E-state index contributed by atoms with van der Waals surface area (Å²) in [5.41, 5.74) is 7.66. The van der Waals surface area contributed by atoms with E-state index >= 15 is 0 Å². The fraction of sp³-hybridized carbons (Fsp3) is 0.200. The van der Waals surface area contributed by atoms with Crippen LogP contribution < -0.4 is 10.5 Å². The average molecular weight is 488 g/mol. The van der Waals surface area contributed by atoms with Crippen molar-refractivity contribution in [3.63, 3.8) is 0 Å². The maximum Gasteiger partial charge on any atom is 0.182 e. The van der Waals surface area contributed by atoms with Gasteiger partial charge in [0.05, 0.1) is 10.7 Å². The quantitative estimate of drug-likeness (QED) is 0.328. The van der Waals surface area contributed by atoms with E-state index in [0.717, 1.165) is 12.1 Å². The largest absolute Gasteiger partial charge is 0.485 e. The molecule has 0 saturated carbocycles. The number of benzene rings is 2. The van der Waals surface area contributed by atoms with E-state index in [0.29, 0.717) is 28.3 Å². The van der Waals surface area contributed by atoms with Crippen LogP contribution in [0, 0.1) is 24.4 Å². The fourth-order valence-electron chi connectivity index (χ4n) is 3.85. The van der Waals surface area contributed by atoms with Gasteiger partial charge in [0.2, 0.25) is 0 Å². The number of fused-ring (bicyclic) bond motifs is 1. The van der Waals surface area contributed by atoms with Gasteiger partial charge in [0.25, 0.3) is 0 Å². The van der Waals surface area contributed by atoms with Crippen LogP contribution in [0.2, 0.25) is 5.02 Å². The number of rotatable bonds is 8. The molecule has 4 rings (SSSR count). The molecule has 4 aromatic rings. The highest BCUT2D eigenvalue weighted by atomic mass is 35.5. The number of pyridine rings is 1. The Kier molecular flexibility index (Phi) is 6.90. The Labute approximate surface area is 198 Å². The third-order valence-corrected chi connectivity index (χ3v) is 5.97. The van der Waals surface area contributed by atoms with Gasteiger partial charge in [0.1, 0.15) is 18.1 Å². The van der Waals surface area contributed by atoms with Crippen molar-refractivity contribution < 1.29 is 22.7 Å². The maximum absolute atomic E-state index is 14.1. The molecule has 0 aliphatic heterocycles. The number of nitrogens with zero attached hydrogens (tertiary/aromatic N) is 2. The third kappa shape index (κ3) is 4.64. The predicted octanol–water partition coefficient (Wildman–Crippen LogP) is 5.61. The number of hydrogen-bond donors (Lipinski definition) is 1. The lowest BCUT2D eigenvalue weighted by atomic mass is 9.92. The Hall–Kier alpha value is -3.36. The molecule has 176 valence electrons. The zero-order valence-electron chi connectivity index (χ0n) is 18.2. The van der Waals surface area contributed by atoms with Gasteiger partial charge in [-0.15, -0.1) is 0 Å². The van der Waals surface area contributed by atoms with Gasteiger partial charge in [-0.3, -0.25) is 9.20 Å². The molecule has 0 saturated heterocycles. The summed E-state index contributed by atoms with van der Waals surface area (Å²) < 4.78 is 48.5. The summed E-state index contributed by atoms with van der Waals surface area (Å²) in [4.78, 5) is 17.7. The molecular formula is C25H21ClF3N3O2. The van der Waals surface area contributed by atoms with Crippen molar-refractivity contribution in [2.24, 2.45) is 5.73 Å². The van der Waals surface area contributed by atoms with E-state index in [9.17, 15) is 18.0 Å². The molecule has 0 spiro atoms. The summed E-state index contributed by atoms with van der Waals surface area (Å²) in [6, 6.07) is 11.2. The lowest BCUT2D eigenvalue weighted by Crippen LogP contribution is -2.18. The Morgan fingerprint density at radius 3 is 2.62 bits per heavy atom. The molecule has 1 unspecified atom stereocenters. The predicted molar refractivity (Wildman–Crippen MR) is 123 cm³/mol. The summed E-state index contributed by atoms with van der Waals surface area (Å²) in [7, 11) is 0. The molecule has 9 heteroatoms. The minimum absolute atomic E-state index is 0.0217. The van der Waals surface area contributed by atoms with Crippen molar-refractivity contribution >= 4 is 23.0 Å². The van der Waals surface area contributed by atoms with Gasteiger partial charge >= 0.3 is 0 Å². The number of ketones is 1. The van der Waals surface area contributed by atoms with E-state index in [1.807, 2.05) is 0 Å². The van der Waals surface area contributed by atoms with Gasteiger partial charge in [0.15, 0.2) is 28.8 Å². The number of imidazole rings is 1. The summed E-state index contributed by atoms with van der Waals surface area (Å²) in [5.74, 6) is -2.87. The second-order valence-electron chi connectivity index (χ2n) is 7.83. The van der Waals surface area contributed by atoms with Crippen molar-refractivity contribution in [1.29, 1.82) is 0 Å². The fourth-order valence-corrected chi connectivity index (χ4v) is 4.07. The van der Waals surface area contributed by atoms with Gasteiger partial charge in [-0.2, -0.15) is 0 Å². The lowest BCUT2D eigenvalue weighted by Gasteiger charge is -2.15. The van der Waals surface area contributed by atoms with Crippen LogP contribution in [0.3, 0.4) is 0 Å². The highest BCUT2D eigenvalue weighted by Crippen LogP contribution is 2.28. The van der Waals surface area contributed by atoms with Crippen LogP contribution >= 0.6 is 11.6 Å². The third-order valence-electron chi connectivity index (χ3n) is 5.62. The van der Waals surface area contributed by atoms with Crippen molar-refractivity contribution in [3.8, 4) is 5.75 Å². The lowest BCUT2D eigenvalue weighted by molar-refractivity contribution is 0.0968. The molecule has 2 aromatic heterocycles. The van der Waals surface area contributed by atoms with Gasteiger partial charge in [0, 0.05) is 24.1 Å². The first-order valence-electron chi connectivity index (χ1n) is 10.5. The second-order valence-corrected chi connectivity index (χ2v) is 8.24. The molecule has 0 fully saturated rings. The van der Waals surface area contributed by atoms with Gasteiger partial charge in [-0.05, 0) is 55.4 Å². The van der Waals surface area contributed by atoms with Crippen LogP contribution in [0.4, 0.5) is 13.2 Å². The number of nitrogens with two attached hydrogens (primary N) is 1. The zero-order valence-corrected chi connectivity index (χ0v) is 19.0. The molecule has 5 nitrogen and oxygen atoms in total. The highest BCUT2D eigenvalue weighted by Gasteiger charge is 2.23. The molecule has 0 aliphatic carbocycles. The molecule has 34 heavy (non-hydrogen) atoms. The summed E-state index contributed by atoms with van der Waals surface area (Å²) in [5, 5.41) is 0.243. The highest BCUT2D eigenvalue weighted by molar-refractivity contribution is 6.31. The number of hydrogen-bond acceptors (Lipinski definition) is 4. The molecule has 0 radical (unpaired) electrons. The first kappa shape index (κ1) is 23.8. The van der Waals surface area contributed by atoms with Crippen LogP contribution in [-0.4, -0.2) is 21.7 Å². The van der Waals surface area contributed by atoms with Crippen molar-refractivity contribution in [2.75, 3.05) is 6.54 Å². The van der Waals surface area contributed by atoms with E-state index in [1.165, 1.54) is 18.2 Å². The second kappa shape index (κ2) is 9.87. The minimum atomic E-state index is -0.994. The minimum Gasteiger partial charge on any atom is -0.485 e. The molecule has 0 aliphatic rings. The van der Waals surface area contributed by atoms with E-state index in [1.54, 1.807) is 35.7 Å². The Bertz CT molecular complexity index is 1350. The number of ether oxygens (including phenoxy) is 1. The first-order valence-corrected chi connectivity index (χ1v) is 10.9. The molecule has 0 bridgehead atoms. The standard InChI is InChI=1S/C25H21ClF3N3O2/c1-14-24(22(33)11-16(12-30)15-7-8-20(28)21(29)10-15)32-9-3-6-23(25(32)31-14)34-13-17-18(26)4-2-5-19(17)27/h2-10,16H,11-13,30H2,1H3. The van der Waals surface area contributed by atoms with Crippen LogP contribution in [-0.2, 0) is 6.61 Å². The number of carbonyl (C=O) groups excluding carboxylic acids is 1. The van der Waals surface area contributed by atoms with Crippen molar-refractivity contribution in [2.45, 2.75) is 25.9 Å². The summed E-state index contributed by atoms with van der Waals surface area (Å²) in [6.07, 6.45) is 1.65. The number of aromatic nitrogens is 2. The molecule has 1 atom stereocenters. The molecule has 2 N–H and O–H groups in total. The van der Waals surface area contributed by atoms with Crippen LogP contribution in [0.5, 0.6) is 5.75 Å². The monoisotopic (exact) mass is 487 g/mol. The van der Waals surface area contributed by atoms with Crippen LogP contribution in [0.25, 0.3) is 5.65 Å². The topological polar surface area (TPSA) is 69.6 Å². The number of Topliss-reactive ketones (excluding diaryl/α,β-unsaturated/α-hetero) is 1. The average Bonchev–Trinajstić information content (AvgIpc) is 3.15. The van der Waals surface area contributed by atoms with Gasteiger partial charge in [-0.25, -0.2) is 18.2 Å². The van der Waals surface area contributed by atoms with Gasteiger partial charge in [-0.1, -0.05) is 23.7 Å². The van der Waals surface area contributed by atoms with Crippen LogP contribution in [0.15, 0.2) is 54.7 Å². The number of halogens is 4. The van der Waals surface area contributed by atoms with E-state index in [4.69, 9.17) is 22.1 Å². The Balaban J connectivity index is 1.61. The van der Waals surface area contributed by atoms with E-state index in [-0.39, 0.29) is 35.9 Å². The van der Waals surface area contributed by atoms with Crippen LogP contribution in [0.1, 0.15) is 39.6 Å². The number of aryl methyl sites for hydroxylation is 1. The summed E-state index contributed by atoms with van der Waals surface area (Å²) in [6.45, 7) is 1.64. The molecular weight excluding hydrogens is 467 g/mol. The van der Waals surface area contributed by atoms with Crippen molar-refractivity contribution in [1.82, 2.24) is 9.38 Å². The normalized spacial score (nSPS) is 12.2. The summed E-state index contributed by atoms with van der Waals surface area (Å²) >= 11 is 6.08. The molecule has 2 aromatic carbocycles. The smallest absolute Gasteiger partial charge is 0.182 e. The molecule has 2 heterocycles. The first-order chi connectivity index (χ1) is 16.3. The maximum atomic E-state index is 14.1. The Morgan fingerprint density at radius 2 is 1.91 bits per heavy atom.